The van der Waals surface area contributed by atoms with E-state index in [1.54, 1.807) is 0 Å². The number of phenols is 1. The van der Waals surface area contributed by atoms with Crippen LogP contribution in [0.4, 0.5) is 5.69 Å². The minimum Gasteiger partial charge on any atom is -0.507 e. The summed E-state index contributed by atoms with van der Waals surface area (Å²) in [5.41, 5.74) is -0.365. The number of phenolic OH excluding ortho intramolecular Hbond substituents is 1. The van der Waals surface area contributed by atoms with Crippen LogP contribution in [0.1, 0.15) is 17.3 Å². The number of nitro benzene ring substituents is 1. The van der Waals surface area contributed by atoms with Gasteiger partial charge in [-0.15, -0.1) is 0 Å². The number of methoxy groups -OCH3 is 1. The molecule has 0 unspecified atom stereocenters. The van der Waals surface area contributed by atoms with Gasteiger partial charge in [-0.05, 0) is 6.92 Å². The summed E-state index contributed by atoms with van der Waals surface area (Å²) >= 11 is 0. The number of hydrogen-bond donors (Lipinski definition) is 1. The molecule has 0 bridgehead atoms. The first-order valence-electron chi connectivity index (χ1n) is 4.42. The molecular weight excluding hydrogens is 202 g/mol. The summed E-state index contributed by atoms with van der Waals surface area (Å²) in [4.78, 5) is 21.2. The number of carbonyl (C=O) groups is 1. The third-order valence-corrected chi connectivity index (χ3v) is 1.86. The molecule has 6 heteroatoms. The van der Waals surface area contributed by atoms with Crippen molar-refractivity contribution in [3.05, 3.63) is 27.8 Å². The average Bonchev–Trinajstić information content (AvgIpc) is 2.26. The Morgan fingerprint density at radius 1 is 1.67 bits per heavy atom. The van der Waals surface area contributed by atoms with E-state index < -0.39 is 10.7 Å². The second-order valence-corrected chi connectivity index (χ2v) is 2.83. The lowest BCUT2D eigenvalue weighted by atomic mass is 10.1. The summed E-state index contributed by atoms with van der Waals surface area (Å²) in [5, 5.41) is 14.9. The van der Waals surface area contributed by atoms with Crippen LogP contribution in [-0.2, 0) is 0 Å². The van der Waals surface area contributed by atoms with Gasteiger partial charge < -0.3 is 9.85 Å². The molecule has 0 amide bonds. The Labute approximate surface area is 86.7 Å². The van der Waals surface area contributed by atoms with Gasteiger partial charge in [0.1, 0.15) is 5.75 Å². The third-order valence-electron chi connectivity index (χ3n) is 1.86. The van der Waals surface area contributed by atoms with E-state index in [4.69, 9.17) is 6.17 Å². The second-order valence-electron chi connectivity index (χ2n) is 2.83. The van der Waals surface area contributed by atoms with Gasteiger partial charge in [-0.2, -0.15) is 0 Å². The normalized spacial score (nSPS) is 10.4. The molecule has 0 saturated carbocycles. The van der Waals surface area contributed by atoms with Crippen molar-refractivity contribution in [2.45, 2.75) is 6.92 Å². The SMILES string of the molecule is [2H]Oc1cc(OC)c([N+](=O)[O-])cc1C(C)=O. The van der Waals surface area contributed by atoms with Crippen molar-refractivity contribution in [1.29, 1.82) is 1.43 Å². The average molecular weight is 212 g/mol. The number of carbonyl (C=O) groups excluding carboxylic acids is 1. The molecule has 0 heterocycles. The molecule has 0 atom stereocenters. The number of benzene rings is 1. The van der Waals surface area contributed by atoms with Gasteiger partial charge in [0.15, 0.2) is 5.78 Å². The standard InChI is InChI=1S/C9H9NO5/c1-5(11)6-3-7(10(13)14)9(15-2)4-8(6)12/h3-4,12H,1-2H3/i/hD. The highest BCUT2D eigenvalue weighted by Crippen LogP contribution is 2.33. The number of aromatic hydroxyl groups is 1. The zero-order valence-corrected chi connectivity index (χ0v) is 8.14. The Morgan fingerprint density at radius 2 is 2.33 bits per heavy atom. The van der Waals surface area contributed by atoms with Crippen molar-refractivity contribution in [3.63, 3.8) is 0 Å². The van der Waals surface area contributed by atoms with Gasteiger partial charge in [-0.25, -0.2) is 0 Å². The molecule has 1 aromatic rings. The molecule has 0 radical (unpaired) electrons. The quantitative estimate of drug-likeness (QED) is 0.464. The lowest BCUT2D eigenvalue weighted by Crippen LogP contribution is -1.99. The number of nitrogens with zero attached hydrogens (tertiary/aromatic N) is 1. The van der Waals surface area contributed by atoms with Gasteiger partial charge in [-0.3, -0.25) is 14.9 Å². The maximum Gasteiger partial charge on any atom is 0.311 e. The maximum absolute atomic E-state index is 11.2. The Morgan fingerprint density at radius 3 is 2.73 bits per heavy atom. The second kappa shape index (κ2) is 3.95. The largest absolute Gasteiger partial charge is 0.507 e. The van der Waals surface area contributed by atoms with Gasteiger partial charge >= 0.3 is 5.69 Å². The van der Waals surface area contributed by atoms with E-state index in [2.05, 4.69) is 5.11 Å². The van der Waals surface area contributed by atoms with Crippen molar-refractivity contribution in [3.8, 4) is 11.5 Å². The summed E-state index contributed by atoms with van der Waals surface area (Å²) < 4.78 is 11.5. The molecule has 6 nitrogen and oxygen atoms in total. The topological polar surface area (TPSA) is 89.7 Å². The van der Waals surface area contributed by atoms with Crippen molar-refractivity contribution in [2.24, 2.45) is 0 Å². The third kappa shape index (κ3) is 2.04. The fourth-order valence-electron chi connectivity index (χ4n) is 1.13. The van der Waals surface area contributed by atoms with Gasteiger partial charge in [-0.1, -0.05) is 0 Å². The molecule has 0 aliphatic rings. The summed E-state index contributed by atoms with van der Waals surface area (Å²) in [6, 6.07) is 2.17. The fraction of sp³-hybridized carbons (Fsp3) is 0.222. The summed E-state index contributed by atoms with van der Waals surface area (Å²) in [6.45, 7) is 1.23. The molecule has 15 heavy (non-hydrogen) atoms. The van der Waals surface area contributed by atoms with E-state index >= 15 is 0 Å². The van der Waals surface area contributed by atoms with Crippen LogP contribution in [0, 0.1) is 10.1 Å². The highest BCUT2D eigenvalue weighted by atomic mass is 16.6. The molecule has 0 aliphatic carbocycles. The molecule has 0 fully saturated rings. The van der Waals surface area contributed by atoms with Crippen LogP contribution < -0.4 is 4.74 Å². The van der Waals surface area contributed by atoms with Crippen molar-refractivity contribution in [1.82, 2.24) is 0 Å². The van der Waals surface area contributed by atoms with Gasteiger partial charge in [0.05, 0.1) is 17.6 Å². The van der Waals surface area contributed by atoms with Gasteiger partial charge in [0, 0.05) is 12.1 Å². The number of nitro groups is 1. The molecule has 0 aliphatic heterocycles. The van der Waals surface area contributed by atoms with E-state index in [0.29, 0.717) is 0 Å². The van der Waals surface area contributed by atoms with E-state index in [0.717, 1.165) is 12.1 Å². The lowest BCUT2D eigenvalue weighted by molar-refractivity contribution is -0.385. The smallest absolute Gasteiger partial charge is 0.311 e. The number of hydrogen-bond acceptors (Lipinski definition) is 5. The molecule has 1 aromatic carbocycles. The number of ketones is 1. The number of Topliss-reactive ketones (excluding diaryl/α,β-unsaturated/α-hetero) is 1. The van der Waals surface area contributed by atoms with Crippen LogP contribution in [0.15, 0.2) is 12.1 Å². The van der Waals surface area contributed by atoms with E-state index in [-0.39, 0.29) is 22.7 Å². The van der Waals surface area contributed by atoms with Crippen LogP contribution in [-0.4, -0.2) is 24.4 Å². The molecule has 0 aromatic heterocycles. The molecular formula is C9H9NO5. The fourth-order valence-corrected chi connectivity index (χ4v) is 1.13. The van der Waals surface area contributed by atoms with E-state index in [1.165, 1.54) is 14.0 Å². The summed E-state index contributed by atoms with van der Waals surface area (Å²) in [7, 11) is 1.25. The number of ether oxygens (including phenoxy) is 1. The minimum absolute atomic E-state index is 0.0255. The van der Waals surface area contributed by atoms with Gasteiger partial charge in [0.2, 0.25) is 5.75 Å². The molecule has 0 spiro atoms. The van der Waals surface area contributed by atoms with Crippen molar-refractivity contribution in [2.75, 3.05) is 7.11 Å². The molecule has 0 saturated heterocycles. The van der Waals surface area contributed by atoms with Crippen molar-refractivity contribution < 1.29 is 19.6 Å². The minimum atomic E-state index is -0.668. The Bertz CT molecular complexity index is 409. The maximum atomic E-state index is 11.2. The van der Waals surface area contributed by atoms with Crippen LogP contribution in [0.5, 0.6) is 11.5 Å². The van der Waals surface area contributed by atoms with E-state index in [1.807, 2.05) is 0 Å². The summed E-state index contributed by atoms with van der Waals surface area (Å²) in [5.74, 6) is -0.555. The highest BCUT2D eigenvalue weighted by Gasteiger charge is 2.20. The zero-order valence-electron chi connectivity index (χ0n) is 9.14. The first-order chi connectivity index (χ1) is 7.51. The molecule has 80 valence electrons. The Kier molecular flexibility index (Phi) is 2.49. The predicted octanol–water partition coefficient (Wildman–Crippen LogP) is 1.51. The highest BCUT2D eigenvalue weighted by molar-refractivity contribution is 5.97. The predicted molar refractivity (Wildman–Crippen MR) is 51.3 cm³/mol. The zero-order chi connectivity index (χ0) is 12.3. The lowest BCUT2D eigenvalue weighted by Gasteiger charge is -2.05. The Balaban J connectivity index is 3.46. The molecule has 1 rings (SSSR count). The number of rotatable bonds is 4. The molecule has 1 N–H and O–H groups in total. The first kappa shape index (κ1) is 9.45. The van der Waals surface area contributed by atoms with Gasteiger partial charge in [0.25, 0.3) is 1.43 Å². The van der Waals surface area contributed by atoms with Crippen LogP contribution >= 0.6 is 0 Å². The van der Waals surface area contributed by atoms with Crippen LogP contribution in [0.2, 0.25) is 0 Å². The van der Waals surface area contributed by atoms with E-state index in [9.17, 15) is 14.9 Å². The monoisotopic (exact) mass is 212 g/mol. The van der Waals surface area contributed by atoms with Crippen molar-refractivity contribution >= 4 is 11.5 Å². The summed E-state index contributed by atoms with van der Waals surface area (Å²) in [6.07, 6.45) is 0. The Hall–Kier alpha value is -2.11. The van der Waals surface area contributed by atoms with Crippen LogP contribution in [0.25, 0.3) is 0 Å². The first-order valence-corrected chi connectivity index (χ1v) is 4.01. The van der Waals surface area contributed by atoms with Crippen LogP contribution in [0.3, 0.4) is 0 Å².